The van der Waals surface area contributed by atoms with Crippen molar-refractivity contribution in [3.8, 4) is 0 Å². The standard InChI is InChI=1S/C8H6N4O3/c1-2-3-4-9-6-5(12(4)15)7(13)11-8(14)10-6/h2H,1,3H2,(H-,10,11,13,14,15)/p+1. The molecular formula is C8H7N4O3+. The van der Waals surface area contributed by atoms with Crippen LogP contribution >= 0.6 is 0 Å². The van der Waals surface area contributed by atoms with Crippen molar-refractivity contribution < 1.29 is 4.76 Å². The van der Waals surface area contributed by atoms with E-state index >= 15 is 0 Å². The molecule has 2 rings (SSSR count). The van der Waals surface area contributed by atoms with E-state index in [-0.39, 0.29) is 23.8 Å². The van der Waals surface area contributed by atoms with E-state index in [2.05, 4.69) is 16.6 Å². The van der Waals surface area contributed by atoms with Gasteiger partial charge in [-0.1, -0.05) is 11.0 Å². The number of aromatic amines is 2. The summed E-state index contributed by atoms with van der Waals surface area (Å²) in [5, 5.41) is 0. The van der Waals surface area contributed by atoms with Crippen LogP contribution in [0.4, 0.5) is 11.5 Å². The van der Waals surface area contributed by atoms with E-state index in [1.54, 1.807) is 0 Å². The molecule has 7 nitrogen and oxygen atoms in total. The monoisotopic (exact) mass is 207 g/mol. The van der Waals surface area contributed by atoms with E-state index in [1.807, 2.05) is 4.98 Å². The number of nitrogens with zero attached hydrogens (tertiary/aromatic N) is 2. The zero-order valence-corrected chi connectivity index (χ0v) is 7.61. The van der Waals surface area contributed by atoms with Gasteiger partial charge in [0.1, 0.15) is 0 Å². The third-order valence-corrected chi connectivity index (χ3v) is 1.90. The lowest BCUT2D eigenvalue weighted by molar-refractivity contribution is -0.329. The first kappa shape index (κ1) is 9.25. The summed E-state index contributed by atoms with van der Waals surface area (Å²) in [4.78, 5) is 41.7. The maximum atomic E-state index is 11.5. The van der Waals surface area contributed by atoms with Gasteiger partial charge in [0.05, 0.1) is 6.42 Å². The Morgan fingerprint density at radius 2 is 2.13 bits per heavy atom. The van der Waals surface area contributed by atoms with Crippen molar-refractivity contribution in [1.82, 2.24) is 9.97 Å². The minimum absolute atomic E-state index is 0.00407. The van der Waals surface area contributed by atoms with Gasteiger partial charge < -0.3 is 0 Å². The largest absolute Gasteiger partial charge is 0.349 e. The minimum Gasteiger partial charge on any atom is -0.270 e. The molecule has 1 aromatic rings. The predicted molar refractivity (Wildman–Crippen MR) is 52.9 cm³/mol. The number of nitrogens with one attached hydrogen (secondary N) is 2. The molecule has 2 N–H and O–H groups in total. The highest BCUT2D eigenvalue weighted by molar-refractivity contribution is 5.85. The third kappa shape index (κ3) is 1.33. The van der Waals surface area contributed by atoms with Gasteiger partial charge in [-0.2, -0.15) is 0 Å². The topological polar surface area (TPSA) is 98.2 Å². The molecule has 1 aromatic heterocycles. The van der Waals surface area contributed by atoms with Gasteiger partial charge >= 0.3 is 28.6 Å². The van der Waals surface area contributed by atoms with Crippen LogP contribution in [0, 0.1) is 4.91 Å². The van der Waals surface area contributed by atoms with Crippen LogP contribution in [0.25, 0.3) is 0 Å². The molecule has 7 heteroatoms. The summed E-state index contributed by atoms with van der Waals surface area (Å²) < 4.78 is 0.395. The highest BCUT2D eigenvalue weighted by Gasteiger charge is 2.36. The summed E-state index contributed by atoms with van der Waals surface area (Å²) in [6.45, 7) is 3.46. The van der Waals surface area contributed by atoms with Crippen molar-refractivity contribution in [2.24, 2.45) is 4.99 Å². The maximum absolute atomic E-state index is 11.5. The molecule has 0 amide bonds. The number of H-pyrrole nitrogens is 2. The normalized spacial score (nSPS) is 13.6. The van der Waals surface area contributed by atoms with Crippen molar-refractivity contribution in [2.75, 3.05) is 0 Å². The molecule has 0 bridgehead atoms. The van der Waals surface area contributed by atoms with Crippen LogP contribution in [0.5, 0.6) is 0 Å². The van der Waals surface area contributed by atoms with Crippen LogP contribution in [-0.2, 0) is 0 Å². The number of rotatable bonds is 2. The first-order chi connectivity index (χ1) is 7.13. The van der Waals surface area contributed by atoms with E-state index in [0.717, 1.165) is 0 Å². The molecule has 0 aromatic carbocycles. The summed E-state index contributed by atoms with van der Waals surface area (Å²) in [6.07, 6.45) is 1.72. The van der Waals surface area contributed by atoms with Gasteiger partial charge in [-0.15, -0.1) is 6.58 Å². The molecule has 0 saturated carbocycles. The van der Waals surface area contributed by atoms with Crippen LogP contribution in [0.1, 0.15) is 6.42 Å². The molecule has 76 valence electrons. The molecule has 1 aliphatic heterocycles. The van der Waals surface area contributed by atoms with Crippen LogP contribution < -0.4 is 11.2 Å². The zero-order valence-electron chi connectivity index (χ0n) is 7.61. The summed E-state index contributed by atoms with van der Waals surface area (Å²) in [7, 11) is 0. The average molecular weight is 207 g/mol. The Labute approximate surface area is 82.8 Å². The van der Waals surface area contributed by atoms with Gasteiger partial charge in [-0.3, -0.25) is 14.8 Å². The predicted octanol–water partition coefficient (Wildman–Crippen LogP) is 0.0933. The number of aliphatic imine (C=N–C) groups is 1. The average Bonchev–Trinajstić information content (AvgIpc) is 2.43. The van der Waals surface area contributed by atoms with E-state index in [0.29, 0.717) is 4.76 Å². The van der Waals surface area contributed by atoms with Crippen LogP contribution in [-0.4, -0.2) is 20.6 Å². The molecule has 0 fully saturated rings. The lowest BCUT2D eigenvalue weighted by atomic mass is 10.4. The highest BCUT2D eigenvalue weighted by Crippen LogP contribution is 2.26. The maximum Gasteiger partial charge on any atom is 0.349 e. The number of aromatic nitrogens is 2. The smallest absolute Gasteiger partial charge is 0.270 e. The lowest BCUT2D eigenvalue weighted by Gasteiger charge is -1.86. The van der Waals surface area contributed by atoms with Gasteiger partial charge in [0.2, 0.25) is 0 Å². The quantitative estimate of drug-likeness (QED) is 0.531. The Morgan fingerprint density at radius 3 is 2.80 bits per heavy atom. The zero-order chi connectivity index (χ0) is 11.0. The fourth-order valence-electron chi connectivity index (χ4n) is 1.30. The van der Waals surface area contributed by atoms with E-state index in [9.17, 15) is 14.5 Å². The number of fused-ring (bicyclic) bond motifs is 1. The summed E-state index contributed by atoms with van der Waals surface area (Å²) in [5.41, 5.74) is -1.62. The minimum atomic E-state index is -0.744. The van der Waals surface area contributed by atoms with Gasteiger partial charge in [0, 0.05) is 4.76 Å². The molecule has 0 unspecified atom stereocenters. The Hall–Kier alpha value is -2.31. The second kappa shape index (κ2) is 3.12. The molecule has 0 spiro atoms. The molecule has 0 atom stereocenters. The van der Waals surface area contributed by atoms with E-state index < -0.39 is 11.2 Å². The second-order valence-electron chi connectivity index (χ2n) is 2.92. The van der Waals surface area contributed by atoms with Crippen molar-refractivity contribution >= 4 is 17.3 Å². The first-order valence-electron chi connectivity index (χ1n) is 4.16. The molecule has 0 aliphatic carbocycles. The molecule has 0 saturated heterocycles. The fraction of sp³-hybridized carbons (Fsp3) is 0.125. The first-order valence-corrected chi connectivity index (χ1v) is 4.16. The van der Waals surface area contributed by atoms with Gasteiger partial charge in [0.15, 0.2) is 0 Å². The molecular weight excluding hydrogens is 200 g/mol. The third-order valence-electron chi connectivity index (χ3n) is 1.90. The molecule has 2 heterocycles. The Morgan fingerprint density at radius 1 is 1.40 bits per heavy atom. The second-order valence-corrected chi connectivity index (χ2v) is 2.92. The van der Waals surface area contributed by atoms with Gasteiger partial charge in [-0.05, 0) is 4.99 Å². The van der Waals surface area contributed by atoms with Gasteiger partial charge in [0.25, 0.3) is 0 Å². The van der Waals surface area contributed by atoms with Crippen molar-refractivity contribution in [3.63, 3.8) is 0 Å². The van der Waals surface area contributed by atoms with Crippen molar-refractivity contribution in [3.05, 3.63) is 38.4 Å². The van der Waals surface area contributed by atoms with Crippen LogP contribution in [0.3, 0.4) is 0 Å². The highest BCUT2D eigenvalue weighted by atomic mass is 16.3. The Kier molecular flexibility index (Phi) is 1.93. The molecule has 15 heavy (non-hydrogen) atoms. The van der Waals surface area contributed by atoms with Gasteiger partial charge in [-0.25, -0.2) is 4.79 Å². The summed E-state index contributed by atoms with van der Waals surface area (Å²) in [5.74, 6) is 0.128. The van der Waals surface area contributed by atoms with Crippen molar-refractivity contribution in [2.45, 2.75) is 6.42 Å². The van der Waals surface area contributed by atoms with E-state index in [4.69, 9.17) is 0 Å². The number of hydrogen-bond donors (Lipinski definition) is 2. The molecule has 0 radical (unpaired) electrons. The number of amidine groups is 1. The van der Waals surface area contributed by atoms with Crippen LogP contribution in [0.2, 0.25) is 0 Å². The Bertz CT molecular complexity index is 593. The SMILES string of the molecule is C=CCC1=Nc2[nH]c(=O)[nH]c(=O)c2[N+]1=O. The Balaban J connectivity index is 2.65. The molecule has 1 aliphatic rings. The summed E-state index contributed by atoms with van der Waals surface area (Å²) in [6, 6.07) is 0. The summed E-state index contributed by atoms with van der Waals surface area (Å²) >= 11 is 0. The number of hydrogen-bond acceptors (Lipinski definition) is 4. The van der Waals surface area contributed by atoms with Crippen molar-refractivity contribution in [1.29, 1.82) is 0 Å². The lowest BCUT2D eigenvalue weighted by Crippen LogP contribution is -2.24. The van der Waals surface area contributed by atoms with Crippen LogP contribution in [0.15, 0.2) is 27.2 Å². The fourth-order valence-corrected chi connectivity index (χ4v) is 1.30. The number of nitroso groups, excluding NO2 is 1. The van der Waals surface area contributed by atoms with E-state index in [1.165, 1.54) is 6.08 Å².